The number of hydrogen-bond acceptors (Lipinski definition) is 6. The standard InChI is InChI=1S/C37H44N6O4/c1-25(43(37(47)30-16-10-13-27(21-30)24-39)31-19-18-28-14-6-7-15-29(28)23-31)36(46)42(2)33(22-26-11-4-3-5-12-26)35(45)41-32(34(40)44)17-8-9-20-38/h3-7,10-16,18-19,21,23,25,32-33H,8-9,17,20,22,24,38-39H2,1-2H3,(H2,40,44)(H,41,45)/t25-,32-,33-/m0/s1. The van der Waals surface area contributed by atoms with Crippen molar-refractivity contribution < 1.29 is 19.2 Å². The van der Waals surface area contributed by atoms with Gasteiger partial charge < -0.3 is 27.4 Å². The SMILES string of the molecule is C[C@@H](C(=O)N(C)[C@@H](Cc1ccccc1)C(=O)N[C@@H](CCCCN)C(N)=O)N(C(=O)c1cccc(CN)c1)c1ccc2ccccc2c1. The van der Waals surface area contributed by atoms with Gasteiger partial charge in [0.15, 0.2) is 0 Å². The number of nitrogens with two attached hydrogens (primary N) is 3. The number of unbranched alkanes of at least 4 members (excludes halogenated alkanes) is 1. The molecule has 4 rings (SSSR count). The van der Waals surface area contributed by atoms with E-state index in [0.29, 0.717) is 37.1 Å². The van der Waals surface area contributed by atoms with E-state index in [1.165, 1.54) is 16.8 Å². The van der Waals surface area contributed by atoms with Crippen LogP contribution in [0.2, 0.25) is 0 Å². The maximum atomic E-state index is 14.4. The second-order valence-corrected chi connectivity index (χ2v) is 11.7. The molecule has 0 saturated carbocycles. The minimum Gasteiger partial charge on any atom is -0.368 e. The second kappa shape index (κ2) is 16.5. The van der Waals surface area contributed by atoms with Gasteiger partial charge >= 0.3 is 0 Å². The van der Waals surface area contributed by atoms with Gasteiger partial charge in [-0.25, -0.2) is 0 Å². The first-order chi connectivity index (χ1) is 22.6. The van der Waals surface area contributed by atoms with Crippen molar-refractivity contribution in [2.45, 2.75) is 57.3 Å². The molecule has 0 saturated heterocycles. The van der Waals surface area contributed by atoms with Crippen LogP contribution in [0, 0.1) is 0 Å². The molecule has 0 fully saturated rings. The third-order valence-electron chi connectivity index (χ3n) is 8.38. The molecule has 4 amide bonds. The van der Waals surface area contributed by atoms with Crippen LogP contribution in [0.3, 0.4) is 0 Å². The fourth-order valence-corrected chi connectivity index (χ4v) is 5.66. The maximum Gasteiger partial charge on any atom is 0.259 e. The van der Waals surface area contributed by atoms with E-state index in [9.17, 15) is 19.2 Å². The summed E-state index contributed by atoms with van der Waals surface area (Å²) in [7, 11) is 1.54. The van der Waals surface area contributed by atoms with Gasteiger partial charge in [0.25, 0.3) is 5.91 Å². The van der Waals surface area contributed by atoms with Crippen LogP contribution in [-0.2, 0) is 27.3 Å². The molecule has 0 unspecified atom stereocenters. The molecule has 0 bridgehead atoms. The minimum absolute atomic E-state index is 0.179. The van der Waals surface area contributed by atoms with Crippen molar-refractivity contribution in [3.8, 4) is 0 Å². The van der Waals surface area contributed by atoms with Crippen LogP contribution in [0.1, 0.15) is 47.7 Å². The summed E-state index contributed by atoms with van der Waals surface area (Å²) in [5.74, 6) is -2.03. The summed E-state index contributed by atoms with van der Waals surface area (Å²) in [5, 5.41) is 4.66. The first-order valence-corrected chi connectivity index (χ1v) is 15.9. The molecule has 4 aromatic carbocycles. The van der Waals surface area contributed by atoms with Gasteiger partial charge in [-0.2, -0.15) is 0 Å². The van der Waals surface area contributed by atoms with Gasteiger partial charge in [0.1, 0.15) is 18.1 Å². The highest BCUT2D eigenvalue weighted by atomic mass is 16.2. The Morgan fingerprint density at radius 2 is 1.47 bits per heavy atom. The van der Waals surface area contributed by atoms with Crippen molar-refractivity contribution >= 4 is 40.1 Å². The lowest BCUT2D eigenvalue weighted by Gasteiger charge is -2.35. The van der Waals surface area contributed by atoms with E-state index < -0.39 is 35.8 Å². The number of primary amides is 1. The Labute approximate surface area is 275 Å². The van der Waals surface area contributed by atoms with Crippen LogP contribution in [0.4, 0.5) is 5.69 Å². The van der Waals surface area contributed by atoms with Crippen LogP contribution in [-0.4, -0.2) is 60.2 Å². The molecule has 3 atom stereocenters. The summed E-state index contributed by atoms with van der Waals surface area (Å²) in [6.07, 6.45) is 1.79. The minimum atomic E-state index is -1.02. The fourth-order valence-electron chi connectivity index (χ4n) is 5.66. The Morgan fingerprint density at radius 3 is 2.15 bits per heavy atom. The molecule has 0 radical (unpaired) electrons. The summed E-state index contributed by atoms with van der Waals surface area (Å²) in [6.45, 7) is 2.35. The van der Waals surface area contributed by atoms with Gasteiger partial charge in [0.2, 0.25) is 17.7 Å². The molecule has 47 heavy (non-hydrogen) atoms. The van der Waals surface area contributed by atoms with E-state index >= 15 is 0 Å². The second-order valence-electron chi connectivity index (χ2n) is 11.7. The number of amides is 4. The Bertz CT molecular complexity index is 1690. The molecule has 0 aromatic heterocycles. The van der Waals surface area contributed by atoms with Crippen molar-refractivity contribution in [1.82, 2.24) is 10.2 Å². The number of anilines is 1. The summed E-state index contributed by atoms with van der Waals surface area (Å²) < 4.78 is 0. The number of carbonyl (C=O) groups excluding carboxylic acids is 4. The van der Waals surface area contributed by atoms with Crippen LogP contribution >= 0.6 is 0 Å². The van der Waals surface area contributed by atoms with E-state index in [4.69, 9.17) is 17.2 Å². The van der Waals surface area contributed by atoms with E-state index in [-0.39, 0.29) is 18.9 Å². The number of rotatable bonds is 15. The first kappa shape index (κ1) is 34.8. The van der Waals surface area contributed by atoms with Gasteiger partial charge in [0, 0.05) is 31.3 Å². The average molecular weight is 637 g/mol. The first-order valence-electron chi connectivity index (χ1n) is 15.9. The van der Waals surface area contributed by atoms with Gasteiger partial charge in [0.05, 0.1) is 0 Å². The van der Waals surface area contributed by atoms with Crippen LogP contribution in [0.15, 0.2) is 97.1 Å². The highest BCUT2D eigenvalue weighted by Crippen LogP contribution is 2.27. The summed E-state index contributed by atoms with van der Waals surface area (Å²) >= 11 is 0. The van der Waals surface area contributed by atoms with Crippen molar-refractivity contribution in [2.75, 3.05) is 18.5 Å². The molecule has 0 spiro atoms. The summed E-state index contributed by atoms with van der Waals surface area (Å²) in [4.78, 5) is 57.5. The van der Waals surface area contributed by atoms with E-state index in [0.717, 1.165) is 21.9 Å². The van der Waals surface area contributed by atoms with Crippen molar-refractivity contribution in [3.05, 3.63) is 114 Å². The molecule has 4 aromatic rings. The third-order valence-corrected chi connectivity index (χ3v) is 8.38. The third kappa shape index (κ3) is 8.81. The van der Waals surface area contributed by atoms with Crippen molar-refractivity contribution in [3.63, 3.8) is 0 Å². The lowest BCUT2D eigenvalue weighted by atomic mass is 10.0. The number of benzene rings is 4. The highest BCUT2D eigenvalue weighted by molar-refractivity contribution is 6.11. The van der Waals surface area contributed by atoms with Gasteiger partial charge in [-0.1, -0.05) is 72.8 Å². The lowest BCUT2D eigenvalue weighted by Crippen LogP contribution is -2.57. The van der Waals surface area contributed by atoms with E-state index in [1.807, 2.05) is 78.9 Å². The molecule has 10 nitrogen and oxygen atoms in total. The zero-order chi connectivity index (χ0) is 33.9. The fraction of sp³-hybridized carbons (Fsp3) is 0.297. The van der Waals surface area contributed by atoms with Crippen LogP contribution < -0.4 is 27.4 Å². The number of hydrogen-bond donors (Lipinski definition) is 4. The zero-order valence-electron chi connectivity index (χ0n) is 27.0. The number of fused-ring (bicyclic) bond motifs is 1. The number of nitrogens with one attached hydrogen (secondary N) is 1. The maximum absolute atomic E-state index is 14.4. The Morgan fingerprint density at radius 1 is 0.787 bits per heavy atom. The normalized spacial score (nSPS) is 12.9. The predicted molar refractivity (Wildman–Crippen MR) is 185 cm³/mol. The van der Waals surface area contributed by atoms with Gasteiger partial charge in [-0.05, 0) is 78.9 Å². The average Bonchev–Trinajstić information content (AvgIpc) is 3.09. The molecule has 10 heteroatoms. The van der Waals surface area contributed by atoms with Gasteiger partial charge in [-0.3, -0.25) is 24.1 Å². The topological polar surface area (TPSA) is 165 Å². The smallest absolute Gasteiger partial charge is 0.259 e. The molecule has 7 N–H and O–H groups in total. The molecule has 0 aliphatic rings. The number of carbonyl (C=O) groups is 4. The van der Waals surface area contributed by atoms with Crippen LogP contribution in [0.25, 0.3) is 10.8 Å². The monoisotopic (exact) mass is 636 g/mol. The van der Waals surface area contributed by atoms with Gasteiger partial charge in [-0.15, -0.1) is 0 Å². The van der Waals surface area contributed by atoms with Crippen LogP contribution in [0.5, 0.6) is 0 Å². The quantitative estimate of drug-likeness (QED) is 0.146. The zero-order valence-corrected chi connectivity index (χ0v) is 27.0. The number of nitrogens with zero attached hydrogens (tertiary/aromatic N) is 2. The Balaban J connectivity index is 1.70. The highest BCUT2D eigenvalue weighted by Gasteiger charge is 2.36. The Kier molecular flexibility index (Phi) is 12.2. The molecular weight excluding hydrogens is 592 g/mol. The molecule has 0 aliphatic carbocycles. The van der Waals surface area contributed by atoms with E-state index in [2.05, 4.69) is 5.32 Å². The largest absolute Gasteiger partial charge is 0.368 e. The summed E-state index contributed by atoms with van der Waals surface area (Å²) in [5.41, 5.74) is 19.6. The molecule has 0 heterocycles. The predicted octanol–water partition coefficient (Wildman–Crippen LogP) is 3.50. The van der Waals surface area contributed by atoms with Crippen molar-refractivity contribution in [2.24, 2.45) is 17.2 Å². The molecule has 0 aliphatic heterocycles. The molecule has 246 valence electrons. The molecular formula is C37H44N6O4. The Hall–Kier alpha value is -5.06. The van der Waals surface area contributed by atoms with Crippen molar-refractivity contribution in [1.29, 1.82) is 0 Å². The van der Waals surface area contributed by atoms with E-state index in [1.54, 1.807) is 25.1 Å². The lowest BCUT2D eigenvalue weighted by molar-refractivity contribution is -0.140. The number of likely N-dealkylation sites (N-methyl/N-ethyl adjacent to an activating group) is 1. The summed E-state index contributed by atoms with van der Waals surface area (Å²) in [6, 6.07) is 26.7.